The van der Waals surface area contributed by atoms with Crippen molar-refractivity contribution in [1.29, 1.82) is 0 Å². The van der Waals surface area contributed by atoms with Gasteiger partial charge in [-0.05, 0) is 6.42 Å². The van der Waals surface area contributed by atoms with Gasteiger partial charge in [-0.3, -0.25) is 0 Å². The highest BCUT2D eigenvalue weighted by atomic mass is 32.1. The van der Waals surface area contributed by atoms with E-state index < -0.39 is 17.6 Å². The minimum absolute atomic E-state index is 0.252. The van der Waals surface area contributed by atoms with E-state index in [9.17, 15) is 5.11 Å². The van der Waals surface area contributed by atoms with Crippen molar-refractivity contribution >= 4 is 12.6 Å². The van der Waals surface area contributed by atoms with Crippen LogP contribution in [-0.2, 0) is 4.74 Å². The van der Waals surface area contributed by atoms with Crippen molar-refractivity contribution < 1.29 is 14.9 Å². The fourth-order valence-electron chi connectivity index (χ4n) is 1.07. The Hall–Kier alpha value is 0.230. The largest absolute Gasteiger partial charge is 0.388 e. The number of aliphatic hydroxyl groups is 2. The van der Waals surface area contributed by atoms with Gasteiger partial charge in [-0.25, -0.2) is 0 Å². The van der Waals surface area contributed by atoms with E-state index in [4.69, 9.17) is 9.84 Å². The third-order valence-corrected chi connectivity index (χ3v) is 2.17. The van der Waals surface area contributed by atoms with Gasteiger partial charge in [0.25, 0.3) is 0 Å². The van der Waals surface area contributed by atoms with E-state index in [2.05, 4.69) is 12.6 Å². The fourth-order valence-corrected chi connectivity index (χ4v) is 1.40. The van der Waals surface area contributed by atoms with Gasteiger partial charge in [-0.2, -0.15) is 0 Å². The summed E-state index contributed by atoms with van der Waals surface area (Å²) in [4.78, 5) is 0. The number of aliphatic hydroxyl groups excluding tert-OH is 2. The second-order valence-electron chi connectivity index (χ2n) is 2.45. The molecule has 1 fully saturated rings. The normalized spacial score (nSPS) is 48.0. The van der Waals surface area contributed by atoms with Gasteiger partial charge in [0.05, 0.1) is 6.10 Å². The Morgan fingerprint density at radius 3 is 2.20 bits per heavy atom. The lowest BCUT2D eigenvalue weighted by Crippen LogP contribution is -2.30. The molecule has 0 spiro atoms. The van der Waals surface area contributed by atoms with Crippen LogP contribution in [0.1, 0.15) is 13.3 Å². The number of ether oxygens (including phenoxy) is 1. The SMILES string of the molecule is CC[C@H]1OC(S)[C@H](O)[C@H]1O. The van der Waals surface area contributed by atoms with Crippen LogP contribution in [0.15, 0.2) is 0 Å². The van der Waals surface area contributed by atoms with E-state index in [1.165, 1.54) is 0 Å². The van der Waals surface area contributed by atoms with Gasteiger partial charge >= 0.3 is 0 Å². The zero-order valence-corrected chi connectivity index (χ0v) is 6.66. The maximum Gasteiger partial charge on any atom is 0.129 e. The van der Waals surface area contributed by atoms with Crippen molar-refractivity contribution in [3.8, 4) is 0 Å². The number of hydrogen-bond acceptors (Lipinski definition) is 4. The minimum Gasteiger partial charge on any atom is -0.388 e. The molecule has 1 heterocycles. The number of rotatable bonds is 1. The maximum absolute atomic E-state index is 9.20. The summed E-state index contributed by atoms with van der Waals surface area (Å²) in [6, 6.07) is 0. The van der Waals surface area contributed by atoms with E-state index in [1.807, 2.05) is 6.92 Å². The molecular formula is C6H12O3S. The summed E-state index contributed by atoms with van der Waals surface area (Å²) in [6.07, 6.45) is -1.16. The predicted octanol–water partition coefficient (Wildman–Crippen LogP) is -0.227. The topological polar surface area (TPSA) is 49.7 Å². The Morgan fingerprint density at radius 1 is 1.40 bits per heavy atom. The molecule has 2 N–H and O–H groups in total. The molecule has 0 saturated carbocycles. The molecule has 1 rings (SSSR count). The van der Waals surface area contributed by atoms with E-state index >= 15 is 0 Å². The van der Waals surface area contributed by atoms with Crippen LogP contribution in [0.4, 0.5) is 0 Å². The van der Waals surface area contributed by atoms with Crippen LogP contribution in [0.2, 0.25) is 0 Å². The molecule has 60 valence electrons. The molecule has 1 aliphatic rings. The lowest BCUT2D eigenvalue weighted by Gasteiger charge is -2.10. The fraction of sp³-hybridized carbons (Fsp3) is 1.00. The smallest absolute Gasteiger partial charge is 0.129 e. The van der Waals surface area contributed by atoms with Gasteiger partial charge in [0.15, 0.2) is 0 Å². The highest BCUT2D eigenvalue weighted by Crippen LogP contribution is 2.24. The summed E-state index contributed by atoms with van der Waals surface area (Å²) >= 11 is 3.93. The Kier molecular flexibility index (Phi) is 2.57. The first-order chi connectivity index (χ1) is 4.66. The van der Waals surface area contributed by atoms with Gasteiger partial charge in [-0.15, -0.1) is 12.6 Å². The van der Waals surface area contributed by atoms with Crippen LogP contribution in [0, 0.1) is 0 Å². The summed E-state index contributed by atoms with van der Waals surface area (Å²) < 4.78 is 5.10. The van der Waals surface area contributed by atoms with Gasteiger partial charge in [0.2, 0.25) is 0 Å². The molecule has 1 aliphatic heterocycles. The van der Waals surface area contributed by atoms with Gasteiger partial charge in [0.1, 0.15) is 17.6 Å². The summed E-state index contributed by atoms with van der Waals surface area (Å²) in [6.45, 7) is 1.90. The first kappa shape index (κ1) is 8.33. The standard InChI is InChI=1S/C6H12O3S/c1-2-3-4(7)5(8)6(10)9-3/h3-8,10H,2H2,1H3/t3-,4+,5-,6?/m1/s1. The molecule has 0 amide bonds. The average Bonchev–Trinajstić information content (AvgIpc) is 2.17. The molecule has 1 saturated heterocycles. The maximum atomic E-state index is 9.20. The molecule has 0 aromatic heterocycles. The van der Waals surface area contributed by atoms with Crippen LogP contribution >= 0.6 is 12.6 Å². The lowest BCUT2D eigenvalue weighted by molar-refractivity contribution is 0.0213. The molecule has 10 heavy (non-hydrogen) atoms. The molecule has 3 nitrogen and oxygen atoms in total. The van der Waals surface area contributed by atoms with Crippen LogP contribution in [0.5, 0.6) is 0 Å². The van der Waals surface area contributed by atoms with E-state index in [0.717, 1.165) is 0 Å². The van der Waals surface area contributed by atoms with Crippen molar-refractivity contribution in [2.24, 2.45) is 0 Å². The molecule has 0 bridgehead atoms. The minimum atomic E-state index is -0.840. The van der Waals surface area contributed by atoms with Crippen molar-refractivity contribution in [3.63, 3.8) is 0 Å². The average molecular weight is 164 g/mol. The Labute approximate surface area is 65.4 Å². The molecule has 0 aromatic carbocycles. The quantitative estimate of drug-likeness (QED) is 0.469. The van der Waals surface area contributed by atoms with Crippen LogP contribution < -0.4 is 0 Å². The second-order valence-corrected chi connectivity index (χ2v) is 2.96. The lowest BCUT2D eigenvalue weighted by atomic mass is 10.1. The van der Waals surface area contributed by atoms with E-state index in [-0.39, 0.29) is 6.10 Å². The van der Waals surface area contributed by atoms with Crippen molar-refractivity contribution in [3.05, 3.63) is 0 Å². The molecule has 4 atom stereocenters. The number of hydrogen-bond donors (Lipinski definition) is 3. The Balaban J connectivity index is 2.53. The predicted molar refractivity (Wildman–Crippen MR) is 40.0 cm³/mol. The van der Waals surface area contributed by atoms with Crippen molar-refractivity contribution in [1.82, 2.24) is 0 Å². The first-order valence-corrected chi connectivity index (χ1v) is 3.88. The summed E-state index contributed by atoms with van der Waals surface area (Å²) in [5.74, 6) is 0. The molecule has 4 heteroatoms. The monoisotopic (exact) mass is 164 g/mol. The third-order valence-electron chi connectivity index (χ3n) is 1.74. The van der Waals surface area contributed by atoms with Gasteiger partial charge in [-0.1, -0.05) is 6.92 Å². The van der Waals surface area contributed by atoms with Crippen LogP contribution in [-0.4, -0.2) is 34.0 Å². The zero-order chi connectivity index (χ0) is 7.72. The van der Waals surface area contributed by atoms with Crippen LogP contribution in [0.25, 0.3) is 0 Å². The van der Waals surface area contributed by atoms with E-state index in [1.54, 1.807) is 0 Å². The molecular weight excluding hydrogens is 152 g/mol. The summed E-state index contributed by atoms with van der Waals surface area (Å²) in [7, 11) is 0. The molecule has 0 aromatic rings. The van der Waals surface area contributed by atoms with E-state index in [0.29, 0.717) is 6.42 Å². The highest BCUT2D eigenvalue weighted by Gasteiger charge is 2.39. The van der Waals surface area contributed by atoms with Crippen LogP contribution in [0.3, 0.4) is 0 Å². The first-order valence-electron chi connectivity index (χ1n) is 3.36. The van der Waals surface area contributed by atoms with Crippen molar-refractivity contribution in [2.45, 2.75) is 37.1 Å². The summed E-state index contributed by atoms with van der Waals surface area (Å²) in [5.41, 5.74) is -0.528. The molecule has 0 aliphatic carbocycles. The van der Waals surface area contributed by atoms with Crippen molar-refractivity contribution in [2.75, 3.05) is 0 Å². The third kappa shape index (κ3) is 1.29. The highest BCUT2D eigenvalue weighted by molar-refractivity contribution is 7.80. The Bertz CT molecular complexity index is 120. The molecule has 0 radical (unpaired) electrons. The van der Waals surface area contributed by atoms with Gasteiger partial charge < -0.3 is 14.9 Å². The number of thiol groups is 1. The molecule has 1 unspecified atom stereocenters. The second kappa shape index (κ2) is 3.09. The Morgan fingerprint density at radius 2 is 2.00 bits per heavy atom. The summed E-state index contributed by atoms with van der Waals surface area (Å²) in [5, 5.41) is 18.3. The van der Waals surface area contributed by atoms with Gasteiger partial charge in [0, 0.05) is 0 Å². The zero-order valence-electron chi connectivity index (χ0n) is 5.77.